The maximum absolute atomic E-state index is 12.1. The second kappa shape index (κ2) is 5.52. The van der Waals surface area contributed by atoms with Crippen LogP contribution in [0.25, 0.3) is 0 Å². The summed E-state index contributed by atoms with van der Waals surface area (Å²) in [6.07, 6.45) is 0. The lowest BCUT2D eigenvalue weighted by atomic mass is 10.4. The van der Waals surface area contributed by atoms with Crippen molar-refractivity contribution in [2.75, 3.05) is 32.4 Å². The van der Waals surface area contributed by atoms with Crippen LogP contribution in [0.5, 0.6) is 0 Å². The minimum absolute atomic E-state index is 0.335. The zero-order valence-corrected chi connectivity index (χ0v) is 11.2. The molecule has 0 radical (unpaired) electrons. The molecule has 0 saturated carbocycles. The number of thioether (sulfide) groups is 1. The maximum Gasteiger partial charge on any atom is 0.218 e. The van der Waals surface area contributed by atoms with Crippen LogP contribution < -0.4 is 5.32 Å². The Morgan fingerprint density at radius 2 is 2.27 bits per heavy atom. The number of sulfonamides is 1. The predicted octanol–water partition coefficient (Wildman–Crippen LogP) is 0.361. The van der Waals surface area contributed by atoms with Gasteiger partial charge < -0.3 is 5.32 Å². The molecule has 4 nitrogen and oxygen atoms in total. The highest BCUT2D eigenvalue weighted by Gasteiger charge is 2.31. The molecular formula is C9H20N2O2S2. The summed E-state index contributed by atoms with van der Waals surface area (Å²) < 4.78 is 25.8. The molecule has 0 aromatic rings. The van der Waals surface area contributed by atoms with E-state index in [1.54, 1.807) is 18.3 Å². The average Bonchev–Trinajstić information content (AvgIpc) is 2.18. The van der Waals surface area contributed by atoms with Crippen LogP contribution in [0.15, 0.2) is 0 Å². The van der Waals surface area contributed by atoms with Crippen molar-refractivity contribution in [2.24, 2.45) is 0 Å². The summed E-state index contributed by atoms with van der Waals surface area (Å²) in [5, 5.41) is 2.99. The molecule has 6 heteroatoms. The van der Waals surface area contributed by atoms with Crippen molar-refractivity contribution in [1.29, 1.82) is 0 Å². The van der Waals surface area contributed by atoms with Gasteiger partial charge in [0.1, 0.15) is 0 Å². The smallest absolute Gasteiger partial charge is 0.218 e. The Morgan fingerprint density at radius 3 is 2.80 bits per heavy atom. The highest BCUT2D eigenvalue weighted by Crippen LogP contribution is 2.21. The van der Waals surface area contributed by atoms with Gasteiger partial charge in [-0.1, -0.05) is 6.92 Å². The average molecular weight is 252 g/mol. The summed E-state index contributed by atoms with van der Waals surface area (Å²) in [6.45, 7) is 5.67. The Bertz CT molecular complexity index is 292. The lowest BCUT2D eigenvalue weighted by molar-refractivity contribution is 0.416. The summed E-state index contributed by atoms with van der Waals surface area (Å²) >= 11 is 1.84. The van der Waals surface area contributed by atoms with Crippen molar-refractivity contribution in [3.63, 3.8) is 0 Å². The van der Waals surface area contributed by atoms with E-state index in [9.17, 15) is 8.42 Å². The normalized spacial score (nSPS) is 26.5. The fraction of sp³-hybridized carbons (Fsp3) is 1.00. The monoisotopic (exact) mass is 252 g/mol. The molecule has 90 valence electrons. The largest absolute Gasteiger partial charge is 0.318 e. The molecule has 0 spiro atoms. The number of rotatable bonds is 4. The van der Waals surface area contributed by atoms with Crippen molar-refractivity contribution < 1.29 is 8.42 Å². The van der Waals surface area contributed by atoms with Crippen LogP contribution in [0.1, 0.15) is 13.8 Å². The first-order valence-electron chi connectivity index (χ1n) is 5.23. The topological polar surface area (TPSA) is 49.4 Å². The summed E-state index contributed by atoms with van der Waals surface area (Å²) in [7, 11) is -1.32. The van der Waals surface area contributed by atoms with Crippen LogP contribution in [0, 0.1) is 0 Å². The van der Waals surface area contributed by atoms with E-state index in [-0.39, 0.29) is 5.25 Å². The molecule has 1 N–H and O–H groups in total. The fourth-order valence-corrected chi connectivity index (χ4v) is 4.55. The van der Waals surface area contributed by atoms with Gasteiger partial charge >= 0.3 is 0 Å². The number of nitrogens with one attached hydrogen (secondary N) is 1. The van der Waals surface area contributed by atoms with E-state index in [2.05, 4.69) is 12.2 Å². The lowest BCUT2D eigenvalue weighted by Crippen LogP contribution is -2.46. The predicted molar refractivity (Wildman–Crippen MR) is 65.8 cm³/mol. The second-order valence-corrected chi connectivity index (χ2v) is 7.85. The molecule has 1 heterocycles. The van der Waals surface area contributed by atoms with E-state index in [1.165, 1.54) is 0 Å². The second-order valence-electron chi connectivity index (χ2n) is 3.95. The van der Waals surface area contributed by atoms with Crippen LogP contribution in [0.2, 0.25) is 0 Å². The van der Waals surface area contributed by atoms with E-state index in [1.807, 2.05) is 11.8 Å². The summed E-state index contributed by atoms with van der Waals surface area (Å²) in [4.78, 5) is 0. The van der Waals surface area contributed by atoms with Gasteiger partial charge in [0.2, 0.25) is 10.0 Å². The number of hydrogen-bond acceptors (Lipinski definition) is 4. The summed E-state index contributed by atoms with van der Waals surface area (Å²) in [5.41, 5.74) is 0. The third-order valence-electron chi connectivity index (χ3n) is 2.56. The molecule has 0 aromatic carbocycles. The molecule has 2 unspecified atom stereocenters. The van der Waals surface area contributed by atoms with Gasteiger partial charge in [0, 0.05) is 30.6 Å². The molecule has 1 fully saturated rings. The Balaban J connectivity index is 2.67. The third kappa shape index (κ3) is 3.34. The molecule has 1 aliphatic rings. The first-order chi connectivity index (χ1) is 6.98. The van der Waals surface area contributed by atoms with E-state index < -0.39 is 10.0 Å². The molecule has 0 amide bonds. The zero-order chi connectivity index (χ0) is 11.5. The van der Waals surface area contributed by atoms with Gasteiger partial charge in [-0.3, -0.25) is 0 Å². The van der Waals surface area contributed by atoms with Crippen molar-refractivity contribution >= 4 is 21.8 Å². The Labute approximate surface area is 96.8 Å². The van der Waals surface area contributed by atoms with Gasteiger partial charge in [-0.15, -0.1) is 0 Å². The van der Waals surface area contributed by atoms with Gasteiger partial charge in [0.15, 0.2) is 0 Å². The maximum atomic E-state index is 12.1. The number of nitrogens with zero attached hydrogens (tertiary/aromatic N) is 1. The van der Waals surface area contributed by atoms with Crippen LogP contribution in [0.3, 0.4) is 0 Å². The minimum atomic E-state index is -3.10. The first kappa shape index (κ1) is 13.3. The minimum Gasteiger partial charge on any atom is -0.318 e. The van der Waals surface area contributed by atoms with Crippen molar-refractivity contribution in [2.45, 2.75) is 24.3 Å². The molecule has 1 aliphatic heterocycles. The number of hydrogen-bond donors (Lipinski definition) is 1. The fourth-order valence-electron chi connectivity index (χ4n) is 1.66. The van der Waals surface area contributed by atoms with Gasteiger partial charge in [0.25, 0.3) is 0 Å². The van der Waals surface area contributed by atoms with E-state index in [0.29, 0.717) is 24.9 Å². The van der Waals surface area contributed by atoms with E-state index in [4.69, 9.17) is 0 Å². The third-order valence-corrected chi connectivity index (χ3v) is 5.94. The van der Waals surface area contributed by atoms with Crippen molar-refractivity contribution in [3.8, 4) is 0 Å². The van der Waals surface area contributed by atoms with Gasteiger partial charge in [-0.25, -0.2) is 8.42 Å². The van der Waals surface area contributed by atoms with Crippen molar-refractivity contribution in [3.05, 3.63) is 0 Å². The standard InChI is InChI=1S/C9H20N2O2S2/c1-8-7-11(4-5-14-8)15(12,13)9(2)6-10-3/h8-10H,4-7H2,1-3H3. The molecule has 2 atom stereocenters. The first-order valence-corrected chi connectivity index (χ1v) is 7.79. The van der Waals surface area contributed by atoms with Gasteiger partial charge in [-0.05, 0) is 14.0 Å². The SMILES string of the molecule is CNCC(C)S(=O)(=O)N1CCSC(C)C1. The molecule has 0 aliphatic carbocycles. The molecule has 1 rings (SSSR count). The van der Waals surface area contributed by atoms with Gasteiger partial charge in [0.05, 0.1) is 5.25 Å². The molecule has 15 heavy (non-hydrogen) atoms. The molecular weight excluding hydrogens is 232 g/mol. The van der Waals surface area contributed by atoms with Crippen LogP contribution in [0.4, 0.5) is 0 Å². The van der Waals surface area contributed by atoms with Crippen molar-refractivity contribution in [1.82, 2.24) is 9.62 Å². The van der Waals surface area contributed by atoms with E-state index in [0.717, 1.165) is 5.75 Å². The lowest BCUT2D eigenvalue weighted by Gasteiger charge is -2.31. The highest BCUT2D eigenvalue weighted by atomic mass is 32.2. The quantitative estimate of drug-likeness (QED) is 0.785. The molecule has 0 bridgehead atoms. The van der Waals surface area contributed by atoms with Gasteiger partial charge in [-0.2, -0.15) is 16.1 Å². The summed E-state index contributed by atoms with van der Waals surface area (Å²) in [5.74, 6) is 0.909. The highest BCUT2D eigenvalue weighted by molar-refractivity contribution is 8.00. The van der Waals surface area contributed by atoms with E-state index >= 15 is 0 Å². The molecule has 0 aromatic heterocycles. The zero-order valence-electron chi connectivity index (χ0n) is 9.56. The summed E-state index contributed by atoms with van der Waals surface area (Å²) in [6, 6.07) is 0. The van der Waals surface area contributed by atoms with Crippen LogP contribution >= 0.6 is 11.8 Å². The molecule has 1 saturated heterocycles. The Hall–Kier alpha value is 0.220. The Kier molecular flexibility index (Phi) is 4.89. The van der Waals surface area contributed by atoms with Crippen LogP contribution in [-0.2, 0) is 10.0 Å². The Morgan fingerprint density at radius 1 is 1.60 bits per heavy atom. The van der Waals surface area contributed by atoms with Crippen LogP contribution in [-0.4, -0.2) is 55.7 Å².